The number of hydrogen-bond acceptors (Lipinski definition) is 4. The summed E-state index contributed by atoms with van der Waals surface area (Å²) in [4.78, 5) is 4.34. The topological polar surface area (TPSA) is 91.8 Å². The molecule has 0 spiro atoms. The van der Waals surface area contributed by atoms with E-state index in [2.05, 4.69) is 25.1 Å². The van der Waals surface area contributed by atoms with Crippen molar-refractivity contribution in [2.75, 3.05) is 25.4 Å². The molecule has 1 aromatic rings. The quantitative estimate of drug-likeness (QED) is 0.320. The second-order valence-corrected chi connectivity index (χ2v) is 7.50. The summed E-state index contributed by atoms with van der Waals surface area (Å²) >= 11 is 0. The Morgan fingerprint density at radius 1 is 1.23 bits per heavy atom. The minimum Gasteiger partial charge on any atom is -0.434 e. The molecule has 0 saturated heterocycles. The van der Waals surface area contributed by atoms with Gasteiger partial charge in [0.15, 0.2) is 5.96 Å². The molecule has 0 aromatic heterocycles. The molecule has 0 aliphatic heterocycles. The smallest absolute Gasteiger partial charge is 0.387 e. The predicted octanol–water partition coefficient (Wildman–Crippen LogP) is 1.59. The molecule has 148 valence electrons. The van der Waals surface area contributed by atoms with Crippen molar-refractivity contribution in [2.24, 2.45) is 4.99 Å². The van der Waals surface area contributed by atoms with E-state index in [9.17, 15) is 17.2 Å². The number of nitrogens with one attached hydrogen (secondary N) is 3. The first kappa shape index (κ1) is 22.1. The number of rotatable bonds is 10. The van der Waals surface area contributed by atoms with Crippen LogP contribution in [0.4, 0.5) is 8.78 Å². The monoisotopic (exact) mass is 392 g/mol. The molecule has 0 aliphatic rings. The second-order valence-electron chi connectivity index (χ2n) is 5.41. The molecular weight excluding hydrogens is 366 g/mol. The lowest BCUT2D eigenvalue weighted by molar-refractivity contribution is -0.0504. The van der Waals surface area contributed by atoms with Crippen molar-refractivity contribution >= 4 is 16.0 Å². The van der Waals surface area contributed by atoms with Crippen LogP contribution in [0.15, 0.2) is 23.2 Å². The van der Waals surface area contributed by atoms with Gasteiger partial charge in [0, 0.05) is 25.2 Å². The highest BCUT2D eigenvalue weighted by atomic mass is 32.2. The number of nitrogens with zero attached hydrogens (tertiary/aromatic N) is 1. The molecule has 0 unspecified atom stereocenters. The van der Waals surface area contributed by atoms with Crippen molar-refractivity contribution in [3.05, 3.63) is 29.3 Å². The summed E-state index contributed by atoms with van der Waals surface area (Å²) < 4.78 is 54.7. The molecular formula is C16H26F2N4O3S. The van der Waals surface area contributed by atoms with Crippen molar-refractivity contribution in [2.45, 2.75) is 33.9 Å². The van der Waals surface area contributed by atoms with Gasteiger partial charge in [-0.15, -0.1) is 0 Å². The average molecular weight is 392 g/mol. The maximum absolute atomic E-state index is 12.5. The minimum absolute atomic E-state index is 0.0153. The third-order valence-corrected chi connectivity index (χ3v) is 4.71. The van der Waals surface area contributed by atoms with E-state index < -0.39 is 16.6 Å². The van der Waals surface area contributed by atoms with Crippen LogP contribution in [0.25, 0.3) is 0 Å². The molecule has 0 atom stereocenters. The lowest BCUT2D eigenvalue weighted by atomic mass is 10.1. The van der Waals surface area contributed by atoms with Gasteiger partial charge in [0.05, 0.1) is 12.3 Å². The number of halogens is 2. The van der Waals surface area contributed by atoms with Crippen LogP contribution in [0.5, 0.6) is 5.75 Å². The van der Waals surface area contributed by atoms with Gasteiger partial charge in [-0.1, -0.05) is 17.7 Å². The number of aliphatic imine (C=N–C) groups is 1. The van der Waals surface area contributed by atoms with E-state index in [0.717, 1.165) is 5.56 Å². The Labute approximate surface area is 153 Å². The van der Waals surface area contributed by atoms with Crippen LogP contribution < -0.4 is 20.1 Å². The van der Waals surface area contributed by atoms with Crippen LogP contribution in [-0.2, 0) is 16.6 Å². The SMILES string of the molecule is CCNC(=NCc1cc(C)ccc1OC(F)F)NCCNS(=O)(=O)CC. The lowest BCUT2D eigenvalue weighted by Crippen LogP contribution is -2.41. The highest BCUT2D eigenvalue weighted by molar-refractivity contribution is 7.89. The number of alkyl halides is 2. The van der Waals surface area contributed by atoms with Crippen LogP contribution in [0.1, 0.15) is 25.0 Å². The standard InChI is InChI=1S/C16H26F2N4O3S/c1-4-19-16(20-8-9-22-26(23,24)5-2)21-11-13-10-12(3)6-7-14(13)25-15(17)18/h6-7,10,15,22H,4-5,8-9,11H2,1-3H3,(H2,19,20,21). The fraction of sp³-hybridized carbons (Fsp3) is 0.562. The van der Waals surface area contributed by atoms with Crippen molar-refractivity contribution in [3.8, 4) is 5.75 Å². The fourth-order valence-electron chi connectivity index (χ4n) is 2.04. The molecule has 0 heterocycles. The molecule has 0 radical (unpaired) electrons. The third kappa shape index (κ3) is 8.43. The maximum Gasteiger partial charge on any atom is 0.387 e. The minimum atomic E-state index is -3.24. The van der Waals surface area contributed by atoms with E-state index in [4.69, 9.17) is 0 Å². The molecule has 1 aromatic carbocycles. The molecule has 1 rings (SSSR count). The first-order valence-electron chi connectivity index (χ1n) is 8.31. The Morgan fingerprint density at radius 3 is 2.58 bits per heavy atom. The van der Waals surface area contributed by atoms with Crippen molar-refractivity contribution in [1.29, 1.82) is 0 Å². The zero-order valence-corrected chi connectivity index (χ0v) is 16.0. The lowest BCUT2D eigenvalue weighted by Gasteiger charge is -2.13. The second kappa shape index (κ2) is 10.9. The Balaban J connectivity index is 2.72. The Kier molecular flexibility index (Phi) is 9.28. The third-order valence-electron chi connectivity index (χ3n) is 3.30. The number of sulfonamides is 1. The maximum atomic E-state index is 12.5. The molecule has 0 amide bonds. The van der Waals surface area contributed by atoms with Crippen molar-refractivity contribution in [1.82, 2.24) is 15.4 Å². The predicted molar refractivity (Wildman–Crippen MR) is 98.1 cm³/mol. The highest BCUT2D eigenvalue weighted by Crippen LogP contribution is 2.22. The number of hydrogen-bond donors (Lipinski definition) is 3. The van der Waals surface area contributed by atoms with Gasteiger partial charge in [0.1, 0.15) is 5.75 Å². The van der Waals surface area contributed by atoms with Gasteiger partial charge in [-0.05, 0) is 26.8 Å². The van der Waals surface area contributed by atoms with E-state index in [1.54, 1.807) is 19.1 Å². The first-order chi connectivity index (χ1) is 12.3. The first-order valence-corrected chi connectivity index (χ1v) is 9.96. The molecule has 7 nitrogen and oxygen atoms in total. The van der Waals surface area contributed by atoms with Gasteiger partial charge >= 0.3 is 6.61 Å². The molecule has 10 heteroatoms. The summed E-state index contributed by atoms with van der Waals surface area (Å²) in [5.74, 6) is 0.551. The van der Waals surface area contributed by atoms with Crippen LogP contribution in [-0.4, -0.2) is 46.4 Å². The van der Waals surface area contributed by atoms with E-state index >= 15 is 0 Å². The van der Waals surface area contributed by atoms with Gasteiger partial charge in [-0.2, -0.15) is 8.78 Å². The summed E-state index contributed by atoms with van der Waals surface area (Å²) in [6.45, 7) is 3.67. The van der Waals surface area contributed by atoms with Crippen molar-refractivity contribution in [3.63, 3.8) is 0 Å². The zero-order chi connectivity index (χ0) is 19.6. The van der Waals surface area contributed by atoms with Gasteiger partial charge < -0.3 is 15.4 Å². The van der Waals surface area contributed by atoms with Crippen molar-refractivity contribution < 1.29 is 21.9 Å². The summed E-state index contributed by atoms with van der Waals surface area (Å²) in [5.41, 5.74) is 1.44. The highest BCUT2D eigenvalue weighted by Gasteiger charge is 2.10. The normalized spacial score (nSPS) is 12.3. The van der Waals surface area contributed by atoms with Gasteiger partial charge in [-0.25, -0.2) is 18.1 Å². The Hall–Kier alpha value is -1.94. The average Bonchev–Trinajstić information content (AvgIpc) is 2.58. The fourth-order valence-corrected chi connectivity index (χ4v) is 2.66. The zero-order valence-electron chi connectivity index (χ0n) is 15.2. The molecule has 0 bridgehead atoms. The summed E-state index contributed by atoms with van der Waals surface area (Å²) in [6, 6.07) is 4.92. The number of ether oxygens (including phenoxy) is 1. The van der Waals surface area contributed by atoms with Gasteiger partial charge in [-0.3, -0.25) is 0 Å². The Bertz CT molecular complexity index is 697. The summed E-state index contributed by atoms with van der Waals surface area (Å²) in [7, 11) is -3.24. The Morgan fingerprint density at radius 2 is 1.96 bits per heavy atom. The van der Waals surface area contributed by atoms with E-state index in [1.165, 1.54) is 6.07 Å². The molecule has 0 saturated carbocycles. The molecule has 3 N–H and O–H groups in total. The van der Waals surface area contributed by atoms with Crippen LogP contribution in [0, 0.1) is 6.92 Å². The van der Waals surface area contributed by atoms with Crippen LogP contribution in [0.2, 0.25) is 0 Å². The summed E-state index contributed by atoms with van der Waals surface area (Å²) in [6.07, 6.45) is 0. The van der Waals surface area contributed by atoms with Gasteiger partial charge in [0.2, 0.25) is 10.0 Å². The van der Waals surface area contributed by atoms with Gasteiger partial charge in [0.25, 0.3) is 0 Å². The largest absolute Gasteiger partial charge is 0.434 e. The van der Waals surface area contributed by atoms with Crippen LogP contribution >= 0.6 is 0 Å². The molecule has 0 fully saturated rings. The van der Waals surface area contributed by atoms with E-state index in [0.29, 0.717) is 24.6 Å². The van der Waals surface area contributed by atoms with E-state index in [-0.39, 0.29) is 24.6 Å². The molecule has 0 aliphatic carbocycles. The number of benzene rings is 1. The molecule has 26 heavy (non-hydrogen) atoms. The van der Waals surface area contributed by atoms with Crippen LogP contribution in [0.3, 0.4) is 0 Å². The summed E-state index contributed by atoms with van der Waals surface area (Å²) in [5, 5.41) is 6.00. The van der Waals surface area contributed by atoms with E-state index in [1.807, 2.05) is 13.8 Å². The number of aryl methyl sites for hydroxylation is 1. The number of guanidine groups is 1.